The third-order valence-corrected chi connectivity index (χ3v) is 14.4. The molecule has 0 atom stereocenters. The van der Waals surface area contributed by atoms with Gasteiger partial charge in [-0.05, 0) is 96.9 Å². The van der Waals surface area contributed by atoms with E-state index in [1.807, 2.05) is 61.5 Å². The summed E-state index contributed by atoms with van der Waals surface area (Å²) in [7, 11) is -6.63. The highest BCUT2D eigenvalue weighted by atomic mass is 35.5. The zero-order valence-electron chi connectivity index (χ0n) is 33.0. The van der Waals surface area contributed by atoms with Crippen LogP contribution in [0.2, 0.25) is 10.0 Å². The third kappa shape index (κ3) is 9.75. The second kappa shape index (κ2) is 18.2. The second-order valence-corrected chi connectivity index (χ2v) is 20.7. The summed E-state index contributed by atoms with van der Waals surface area (Å²) >= 11 is 15.6. The molecule has 2 N–H and O–H groups in total. The summed E-state index contributed by atoms with van der Waals surface area (Å²) in [4.78, 5) is 27.8. The predicted octanol–water partition coefficient (Wildman–Crippen LogP) is 10.1. The number of carboxylic acids is 1. The van der Waals surface area contributed by atoms with Gasteiger partial charge in [0.1, 0.15) is 0 Å². The van der Waals surface area contributed by atoms with Crippen molar-refractivity contribution in [2.24, 2.45) is 0 Å². The number of amides is 1. The van der Waals surface area contributed by atoms with Gasteiger partial charge in [-0.15, -0.1) is 22.7 Å². The lowest BCUT2D eigenvalue weighted by molar-refractivity contribution is 0.0689. The maximum Gasteiger partial charge on any atom is 0.356 e. The van der Waals surface area contributed by atoms with Crippen LogP contribution in [0.5, 0.6) is 0 Å². The number of nitrogens with zero attached hydrogens (tertiary/aromatic N) is 4. The van der Waals surface area contributed by atoms with Crippen molar-refractivity contribution in [3.05, 3.63) is 155 Å². The van der Waals surface area contributed by atoms with Crippen LogP contribution < -0.4 is 5.32 Å². The fourth-order valence-electron chi connectivity index (χ4n) is 6.22. The molecule has 0 unspecified atom stereocenters. The number of nitrogens with one attached hydrogen (secondary N) is 1. The monoisotopic (exact) mass is 943 g/mol. The fraction of sp³-hybridized carbons (Fsp3) is 0.0909. The van der Waals surface area contributed by atoms with Crippen molar-refractivity contribution in [2.45, 2.75) is 16.7 Å². The van der Waals surface area contributed by atoms with Crippen molar-refractivity contribution in [1.82, 2.24) is 24.9 Å². The normalized spacial score (nSPS) is 11.5. The van der Waals surface area contributed by atoms with Crippen molar-refractivity contribution in [2.75, 3.05) is 19.1 Å². The van der Waals surface area contributed by atoms with Crippen molar-refractivity contribution >= 4 is 77.4 Å². The lowest BCUT2D eigenvalue weighted by atomic mass is 10.2. The Morgan fingerprint density at radius 3 is 1.44 bits per heavy atom. The highest BCUT2D eigenvalue weighted by molar-refractivity contribution is 7.91. The van der Waals surface area contributed by atoms with Gasteiger partial charge in [0.05, 0.1) is 52.4 Å². The van der Waals surface area contributed by atoms with E-state index in [0.29, 0.717) is 33.7 Å². The van der Waals surface area contributed by atoms with Crippen LogP contribution >= 0.6 is 45.9 Å². The van der Waals surface area contributed by atoms with Gasteiger partial charge >= 0.3 is 5.97 Å². The molecule has 1 amide bonds. The predicted molar refractivity (Wildman–Crippen MR) is 246 cm³/mol. The minimum absolute atomic E-state index is 0.0982. The van der Waals surface area contributed by atoms with Gasteiger partial charge in [0, 0.05) is 34.9 Å². The van der Waals surface area contributed by atoms with Gasteiger partial charge in [-0.3, -0.25) is 4.79 Å². The number of aromatic nitrogens is 4. The summed E-state index contributed by atoms with van der Waals surface area (Å²) in [6.07, 6.45) is 2.36. The highest BCUT2D eigenvalue weighted by Gasteiger charge is 2.21. The molecule has 8 aromatic rings. The molecule has 4 heterocycles. The zero-order valence-corrected chi connectivity index (χ0v) is 37.8. The Balaban J connectivity index is 0.000000187. The number of para-hydroxylation sites is 2. The molecule has 0 saturated carbocycles. The SMILES string of the molecule is CCNC(=O)c1cc(-c2ccc(-c3cccc(S(C)(=O)=O)c3)s2)n(-c2ccccc2Cl)n1.CS(=O)(=O)c1cccc(-c2ccc(-c3cc(C(=O)O)nn3-c3ccccc3Cl)s2)c1. The van der Waals surface area contributed by atoms with Crippen molar-refractivity contribution in [3.63, 3.8) is 0 Å². The molecule has 0 aliphatic rings. The molecule has 4 aromatic carbocycles. The third-order valence-electron chi connectivity index (χ3n) is 9.18. The smallest absolute Gasteiger partial charge is 0.356 e. The number of rotatable bonds is 11. The molecule has 0 radical (unpaired) electrons. The summed E-state index contributed by atoms with van der Waals surface area (Å²) in [5, 5.41) is 21.9. The largest absolute Gasteiger partial charge is 0.476 e. The van der Waals surface area contributed by atoms with E-state index in [1.165, 1.54) is 45.9 Å². The summed E-state index contributed by atoms with van der Waals surface area (Å²) in [6.45, 7) is 2.34. The van der Waals surface area contributed by atoms with E-state index < -0.39 is 25.6 Å². The van der Waals surface area contributed by atoms with Crippen LogP contribution in [0.15, 0.2) is 143 Å². The molecule has 0 aliphatic heterocycles. The summed E-state index contributed by atoms with van der Waals surface area (Å²) in [5.41, 5.74) is 4.28. The molecule has 12 nitrogen and oxygen atoms in total. The van der Waals surface area contributed by atoms with E-state index in [2.05, 4.69) is 15.5 Å². The first-order valence-corrected chi connectivity index (χ1v) is 24.7. The molecular weight excluding hydrogens is 910 g/mol. The van der Waals surface area contributed by atoms with E-state index in [0.717, 1.165) is 36.3 Å². The van der Waals surface area contributed by atoms with E-state index >= 15 is 0 Å². The van der Waals surface area contributed by atoms with Gasteiger partial charge in [-0.2, -0.15) is 10.2 Å². The van der Waals surface area contributed by atoms with E-state index in [9.17, 15) is 31.5 Å². The van der Waals surface area contributed by atoms with Crippen molar-refractivity contribution in [3.8, 4) is 53.4 Å². The van der Waals surface area contributed by atoms with Gasteiger partial charge in [0.2, 0.25) is 0 Å². The minimum atomic E-state index is -3.32. The minimum Gasteiger partial charge on any atom is -0.476 e. The first-order valence-electron chi connectivity index (χ1n) is 18.5. The Morgan fingerprint density at radius 2 is 1.02 bits per heavy atom. The van der Waals surface area contributed by atoms with Crippen LogP contribution in [0.25, 0.3) is 53.4 Å². The van der Waals surface area contributed by atoms with Gasteiger partial charge in [0.25, 0.3) is 5.91 Å². The van der Waals surface area contributed by atoms with Crippen LogP contribution in [0.3, 0.4) is 0 Å². The lowest BCUT2D eigenvalue weighted by Crippen LogP contribution is -2.23. The molecule has 62 heavy (non-hydrogen) atoms. The number of sulfone groups is 2. The molecule has 0 spiro atoms. The summed E-state index contributed by atoms with van der Waals surface area (Å²) in [6, 6.07) is 38.7. The first kappa shape index (κ1) is 44.2. The highest BCUT2D eigenvalue weighted by Crippen LogP contribution is 2.39. The quantitative estimate of drug-likeness (QED) is 0.128. The van der Waals surface area contributed by atoms with Gasteiger partial charge in [0.15, 0.2) is 31.1 Å². The maximum atomic E-state index is 12.4. The second-order valence-electron chi connectivity index (χ2n) is 13.6. The van der Waals surface area contributed by atoms with Gasteiger partial charge in [-0.25, -0.2) is 31.0 Å². The average Bonchev–Trinajstić information content (AvgIpc) is 4.07. The molecule has 8 rings (SSSR count). The van der Waals surface area contributed by atoms with Crippen molar-refractivity contribution < 1.29 is 31.5 Å². The lowest BCUT2D eigenvalue weighted by Gasteiger charge is -2.08. The zero-order chi connectivity index (χ0) is 44.3. The number of aromatic carboxylic acids is 1. The molecule has 316 valence electrons. The molecule has 0 fully saturated rings. The molecular formula is C44H35Cl2N5O7S4. The molecule has 4 aromatic heterocycles. The van der Waals surface area contributed by atoms with Crippen LogP contribution in [0, 0.1) is 0 Å². The van der Waals surface area contributed by atoms with Crippen LogP contribution in [0.1, 0.15) is 27.9 Å². The van der Waals surface area contributed by atoms with E-state index in [4.69, 9.17) is 23.2 Å². The molecule has 18 heteroatoms. The standard InChI is InChI=1S/C23H20ClN3O3S2.C21H15ClN2O4S2/c1-3-25-23(28)18-14-20(27(26-18)19-10-5-4-9-17(19)24)22-12-11-21(31-22)15-7-6-8-16(13-15)32(2,29)30;1-30(27,28)14-6-4-5-13(11-14)19-9-10-20(29-19)18-12-16(21(25)26)23-24(18)17-8-3-2-7-15(17)22/h4-14H,3H2,1-2H3,(H,25,28);2-12H,1H3,(H,25,26). The molecule has 0 bridgehead atoms. The number of halogens is 2. The van der Waals surface area contributed by atoms with Gasteiger partial charge < -0.3 is 10.4 Å². The summed E-state index contributed by atoms with van der Waals surface area (Å²) in [5.74, 6) is -1.41. The molecule has 0 saturated heterocycles. The first-order chi connectivity index (χ1) is 29.5. The number of carbonyl (C=O) groups is 2. The Morgan fingerprint density at radius 1 is 0.597 bits per heavy atom. The van der Waals surface area contributed by atoms with Crippen LogP contribution in [0.4, 0.5) is 0 Å². The fourth-order valence-corrected chi connectivity index (χ4v) is 9.99. The van der Waals surface area contributed by atoms with E-state index in [1.54, 1.807) is 77.5 Å². The number of hydrogen-bond donors (Lipinski definition) is 2. The van der Waals surface area contributed by atoms with Crippen LogP contribution in [-0.4, -0.2) is 72.4 Å². The topological polar surface area (TPSA) is 170 Å². The van der Waals surface area contributed by atoms with Gasteiger partial charge in [-0.1, -0.05) is 71.7 Å². The number of thiophene rings is 2. The van der Waals surface area contributed by atoms with E-state index in [-0.39, 0.29) is 27.1 Å². The Labute approximate surface area is 375 Å². The Hall–Kier alpha value is -5.88. The number of benzene rings is 4. The number of hydrogen-bond acceptors (Lipinski definition) is 10. The number of carboxylic acid groups (broad SMARTS) is 1. The Kier molecular flexibility index (Phi) is 13.0. The molecule has 0 aliphatic carbocycles. The Bertz CT molecular complexity index is 3210. The van der Waals surface area contributed by atoms with Crippen LogP contribution in [-0.2, 0) is 19.7 Å². The summed E-state index contributed by atoms with van der Waals surface area (Å²) < 4.78 is 50.8. The number of carbonyl (C=O) groups excluding carboxylic acids is 1. The average molecular weight is 945 g/mol. The maximum absolute atomic E-state index is 12.4. The van der Waals surface area contributed by atoms with Crippen molar-refractivity contribution in [1.29, 1.82) is 0 Å².